The van der Waals surface area contributed by atoms with Gasteiger partial charge in [-0.05, 0) is 18.2 Å². The molecule has 0 saturated carbocycles. The van der Waals surface area contributed by atoms with Gasteiger partial charge >= 0.3 is 0 Å². The molecular weight excluding hydrogens is 180 g/mol. The first-order valence-corrected chi connectivity index (χ1v) is 4.39. The zero-order valence-corrected chi connectivity index (χ0v) is 8.20. The van der Waals surface area contributed by atoms with Gasteiger partial charge in [0.05, 0.1) is 0 Å². The van der Waals surface area contributed by atoms with E-state index >= 15 is 0 Å². The Balaban J connectivity index is 2.43. The van der Waals surface area contributed by atoms with Crippen molar-refractivity contribution < 1.29 is 9.15 Å². The Morgan fingerprint density at radius 1 is 1.50 bits per heavy atom. The summed E-state index contributed by atoms with van der Waals surface area (Å²) in [5.74, 6) is 0.607. The zero-order chi connectivity index (χ0) is 9.97. The highest BCUT2D eigenvalue weighted by Gasteiger charge is 2.05. The first-order chi connectivity index (χ1) is 6.83. The summed E-state index contributed by atoms with van der Waals surface area (Å²) in [5, 5.41) is 3.05. The van der Waals surface area contributed by atoms with Crippen LogP contribution in [-0.4, -0.2) is 19.1 Å². The maximum Gasteiger partial charge on any atom is 0.221 e. The predicted octanol–water partition coefficient (Wildman–Crippen LogP) is 2.02. The molecule has 2 rings (SSSR count). The quantitative estimate of drug-likeness (QED) is 0.808. The van der Waals surface area contributed by atoms with E-state index in [-0.39, 0.29) is 0 Å². The number of hydrogen-bond acceptors (Lipinski definition) is 4. The monoisotopic (exact) mass is 192 g/mol. The lowest BCUT2D eigenvalue weighted by molar-refractivity contribution is 0.161. The number of ether oxygens (including phenoxy) is 1. The van der Waals surface area contributed by atoms with Gasteiger partial charge in [0.15, 0.2) is 5.58 Å². The maximum atomic E-state index is 5.44. The summed E-state index contributed by atoms with van der Waals surface area (Å²) in [6.45, 7) is 0.406. The Morgan fingerprint density at radius 3 is 3.07 bits per heavy atom. The second kappa shape index (κ2) is 3.67. The standard InChI is InChI=1S/C10H12N2O2/c1-11-7-3-4-9-8(5-7)12-10(14-9)6-13-2/h3-5,11H,6H2,1-2H3. The van der Waals surface area contributed by atoms with Crippen LogP contribution in [0.15, 0.2) is 22.6 Å². The molecule has 0 saturated heterocycles. The fraction of sp³-hybridized carbons (Fsp3) is 0.300. The van der Waals surface area contributed by atoms with Crippen molar-refractivity contribution in [1.29, 1.82) is 0 Å². The van der Waals surface area contributed by atoms with Crippen molar-refractivity contribution >= 4 is 16.8 Å². The number of aromatic nitrogens is 1. The molecule has 74 valence electrons. The molecule has 0 aliphatic rings. The predicted molar refractivity (Wildman–Crippen MR) is 54.3 cm³/mol. The number of nitrogens with zero attached hydrogens (tertiary/aromatic N) is 1. The van der Waals surface area contributed by atoms with Gasteiger partial charge in [0.1, 0.15) is 12.1 Å². The molecule has 0 amide bonds. The van der Waals surface area contributed by atoms with E-state index in [0.717, 1.165) is 16.8 Å². The van der Waals surface area contributed by atoms with E-state index in [4.69, 9.17) is 9.15 Å². The number of fused-ring (bicyclic) bond motifs is 1. The molecule has 2 aromatic rings. The van der Waals surface area contributed by atoms with Crippen molar-refractivity contribution in [2.45, 2.75) is 6.61 Å². The Morgan fingerprint density at radius 2 is 2.36 bits per heavy atom. The van der Waals surface area contributed by atoms with Gasteiger partial charge < -0.3 is 14.5 Å². The number of nitrogens with one attached hydrogen (secondary N) is 1. The second-order valence-electron chi connectivity index (χ2n) is 2.97. The number of benzene rings is 1. The normalized spacial score (nSPS) is 10.7. The second-order valence-corrected chi connectivity index (χ2v) is 2.97. The third-order valence-corrected chi connectivity index (χ3v) is 1.99. The summed E-state index contributed by atoms with van der Waals surface area (Å²) in [6.07, 6.45) is 0. The van der Waals surface area contributed by atoms with E-state index in [1.54, 1.807) is 7.11 Å². The summed E-state index contributed by atoms with van der Waals surface area (Å²) in [4.78, 5) is 4.28. The van der Waals surface area contributed by atoms with Gasteiger partial charge in [-0.3, -0.25) is 0 Å². The summed E-state index contributed by atoms with van der Waals surface area (Å²) >= 11 is 0. The largest absolute Gasteiger partial charge is 0.438 e. The average Bonchev–Trinajstić information content (AvgIpc) is 2.59. The van der Waals surface area contributed by atoms with Crippen LogP contribution in [0.5, 0.6) is 0 Å². The van der Waals surface area contributed by atoms with Gasteiger partial charge in [0.25, 0.3) is 0 Å². The molecule has 0 aliphatic carbocycles. The van der Waals surface area contributed by atoms with Crippen LogP contribution in [0.3, 0.4) is 0 Å². The van der Waals surface area contributed by atoms with E-state index in [0.29, 0.717) is 12.5 Å². The van der Waals surface area contributed by atoms with Gasteiger partial charge in [-0.25, -0.2) is 4.98 Å². The highest BCUT2D eigenvalue weighted by atomic mass is 16.5. The highest BCUT2D eigenvalue weighted by Crippen LogP contribution is 2.19. The molecule has 4 heteroatoms. The van der Waals surface area contributed by atoms with Gasteiger partial charge in [-0.2, -0.15) is 0 Å². The lowest BCUT2D eigenvalue weighted by atomic mass is 10.3. The van der Waals surface area contributed by atoms with Crippen LogP contribution in [0.2, 0.25) is 0 Å². The molecule has 4 nitrogen and oxygen atoms in total. The van der Waals surface area contributed by atoms with Gasteiger partial charge in [-0.15, -0.1) is 0 Å². The van der Waals surface area contributed by atoms with E-state index < -0.39 is 0 Å². The Kier molecular flexibility index (Phi) is 2.37. The number of oxazole rings is 1. The van der Waals surface area contributed by atoms with Crippen LogP contribution < -0.4 is 5.32 Å². The minimum atomic E-state index is 0.406. The highest BCUT2D eigenvalue weighted by molar-refractivity contribution is 5.77. The molecular formula is C10H12N2O2. The topological polar surface area (TPSA) is 47.3 Å². The lowest BCUT2D eigenvalue weighted by Gasteiger charge is -1.96. The third kappa shape index (κ3) is 1.56. The van der Waals surface area contributed by atoms with E-state index in [1.165, 1.54) is 0 Å². The Hall–Kier alpha value is -1.55. The molecule has 1 N–H and O–H groups in total. The first kappa shape index (κ1) is 9.02. The molecule has 0 spiro atoms. The van der Waals surface area contributed by atoms with Crippen LogP contribution in [0.25, 0.3) is 11.1 Å². The van der Waals surface area contributed by atoms with E-state index in [1.807, 2.05) is 25.2 Å². The lowest BCUT2D eigenvalue weighted by Crippen LogP contribution is -1.87. The molecule has 0 aliphatic heterocycles. The third-order valence-electron chi connectivity index (χ3n) is 1.99. The Labute approximate surface area is 81.9 Å². The maximum absolute atomic E-state index is 5.44. The molecule has 0 unspecified atom stereocenters. The summed E-state index contributed by atoms with van der Waals surface area (Å²) < 4.78 is 10.4. The minimum absolute atomic E-state index is 0.406. The van der Waals surface area contributed by atoms with Crippen molar-refractivity contribution in [2.24, 2.45) is 0 Å². The van der Waals surface area contributed by atoms with E-state index in [9.17, 15) is 0 Å². The van der Waals surface area contributed by atoms with Crippen molar-refractivity contribution in [3.05, 3.63) is 24.1 Å². The van der Waals surface area contributed by atoms with Crippen LogP contribution in [0, 0.1) is 0 Å². The fourth-order valence-corrected chi connectivity index (χ4v) is 1.32. The molecule has 1 aromatic carbocycles. The van der Waals surface area contributed by atoms with E-state index in [2.05, 4.69) is 10.3 Å². The molecule has 1 aromatic heterocycles. The van der Waals surface area contributed by atoms with Crippen molar-refractivity contribution in [2.75, 3.05) is 19.5 Å². The van der Waals surface area contributed by atoms with Crippen LogP contribution in [-0.2, 0) is 11.3 Å². The number of anilines is 1. The smallest absolute Gasteiger partial charge is 0.221 e. The molecule has 0 fully saturated rings. The Bertz CT molecular complexity index is 437. The van der Waals surface area contributed by atoms with Crippen molar-refractivity contribution in [3.63, 3.8) is 0 Å². The summed E-state index contributed by atoms with van der Waals surface area (Å²) in [5.41, 5.74) is 2.66. The summed E-state index contributed by atoms with van der Waals surface area (Å²) in [6, 6.07) is 5.79. The molecule has 0 radical (unpaired) electrons. The van der Waals surface area contributed by atoms with Gasteiger partial charge in [0, 0.05) is 19.8 Å². The van der Waals surface area contributed by atoms with Gasteiger partial charge in [0.2, 0.25) is 5.89 Å². The molecule has 1 heterocycles. The average molecular weight is 192 g/mol. The number of rotatable bonds is 3. The van der Waals surface area contributed by atoms with Gasteiger partial charge in [-0.1, -0.05) is 0 Å². The number of methoxy groups -OCH3 is 1. The fourth-order valence-electron chi connectivity index (χ4n) is 1.32. The van der Waals surface area contributed by atoms with Crippen molar-refractivity contribution in [1.82, 2.24) is 4.98 Å². The van der Waals surface area contributed by atoms with Crippen LogP contribution >= 0.6 is 0 Å². The first-order valence-electron chi connectivity index (χ1n) is 4.39. The number of hydrogen-bond donors (Lipinski definition) is 1. The minimum Gasteiger partial charge on any atom is -0.438 e. The molecule has 0 bridgehead atoms. The SMILES string of the molecule is CNc1ccc2oc(COC)nc2c1. The zero-order valence-electron chi connectivity index (χ0n) is 8.20. The summed E-state index contributed by atoms with van der Waals surface area (Å²) in [7, 11) is 3.49. The van der Waals surface area contributed by atoms with Crippen LogP contribution in [0.1, 0.15) is 5.89 Å². The molecule has 0 atom stereocenters. The van der Waals surface area contributed by atoms with Crippen LogP contribution in [0.4, 0.5) is 5.69 Å². The molecule has 14 heavy (non-hydrogen) atoms. The van der Waals surface area contributed by atoms with Crippen molar-refractivity contribution in [3.8, 4) is 0 Å².